The number of carbonyl (C=O) groups excluding carboxylic acids is 1. The number of nitrogens with one attached hydrogen (secondary N) is 1. The number of hydrogen-bond acceptors (Lipinski definition) is 4. The van der Waals surface area contributed by atoms with Crippen molar-refractivity contribution in [2.24, 2.45) is 0 Å². The molecular formula is C24H23Cl3N2O5. The molecular weight excluding hydrogens is 503 g/mol. The van der Waals surface area contributed by atoms with Crippen LogP contribution in [0.25, 0.3) is 0 Å². The van der Waals surface area contributed by atoms with E-state index < -0.39 is 17.9 Å². The van der Waals surface area contributed by atoms with E-state index >= 15 is 0 Å². The Hall–Kier alpha value is -2.97. The van der Waals surface area contributed by atoms with Gasteiger partial charge >= 0.3 is 5.97 Å². The second kappa shape index (κ2) is 13.1. The van der Waals surface area contributed by atoms with Crippen LogP contribution in [0.2, 0.25) is 10.0 Å². The van der Waals surface area contributed by atoms with Crippen molar-refractivity contribution in [3.63, 3.8) is 0 Å². The lowest BCUT2D eigenvalue weighted by Crippen LogP contribution is -3.00. The third kappa shape index (κ3) is 7.01. The zero-order valence-corrected chi connectivity index (χ0v) is 20.2. The first-order chi connectivity index (χ1) is 15.9. The smallest absolute Gasteiger partial charge is 0.331 e. The Labute approximate surface area is 213 Å². The first kappa shape index (κ1) is 27.3. The third-order valence-corrected chi connectivity index (χ3v) is 5.51. The van der Waals surface area contributed by atoms with Crippen LogP contribution in [0, 0.1) is 0 Å². The van der Waals surface area contributed by atoms with E-state index in [1.165, 1.54) is 0 Å². The molecule has 1 unspecified atom stereocenters. The Balaban J connectivity index is 0.00000408. The molecule has 0 saturated heterocycles. The van der Waals surface area contributed by atoms with Crippen LogP contribution >= 0.6 is 23.2 Å². The van der Waals surface area contributed by atoms with Crippen LogP contribution in [0.1, 0.15) is 22.7 Å². The fraction of sp³-hybridized carbons (Fsp3) is 0.167. The molecule has 0 aliphatic rings. The van der Waals surface area contributed by atoms with Crippen molar-refractivity contribution in [2.75, 3.05) is 6.54 Å². The van der Waals surface area contributed by atoms with Gasteiger partial charge in [0.25, 0.3) is 5.91 Å². The van der Waals surface area contributed by atoms with E-state index in [9.17, 15) is 14.7 Å². The Morgan fingerprint density at radius 1 is 0.882 bits per heavy atom. The summed E-state index contributed by atoms with van der Waals surface area (Å²) in [7, 11) is 0. The molecule has 0 bridgehead atoms. The van der Waals surface area contributed by atoms with Crippen LogP contribution in [0.15, 0.2) is 66.7 Å². The number of quaternary nitrogens is 1. The van der Waals surface area contributed by atoms with Crippen molar-refractivity contribution in [1.29, 1.82) is 0 Å². The minimum atomic E-state index is -1.36. The topological polar surface area (TPSA) is 113 Å². The highest BCUT2D eigenvalue weighted by atomic mass is 35.5. The van der Waals surface area contributed by atoms with Gasteiger partial charge in [-0.05, 0) is 18.2 Å². The maximum Gasteiger partial charge on any atom is 0.331 e. The maximum atomic E-state index is 12.0. The Bertz CT molecular complexity index is 1140. The van der Waals surface area contributed by atoms with Crippen molar-refractivity contribution in [2.45, 2.75) is 19.3 Å². The summed E-state index contributed by atoms with van der Waals surface area (Å²) in [4.78, 5) is 23.9. The second-order valence-corrected chi connectivity index (χ2v) is 7.84. The van der Waals surface area contributed by atoms with Crippen LogP contribution in [-0.2, 0) is 22.8 Å². The number of halogens is 3. The van der Waals surface area contributed by atoms with E-state index in [0.717, 1.165) is 5.56 Å². The Kier molecular flexibility index (Phi) is 10.5. The predicted molar refractivity (Wildman–Crippen MR) is 124 cm³/mol. The van der Waals surface area contributed by atoms with Gasteiger partial charge in [0.15, 0.2) is 24.1 Å². The molecule has 1 atom stereocenters. The van der Waals surface area contributed by atoms with Gasteiger partial charge in [0.2, 0.25) is 0 Å². The number of amides is 1. The average molecular weight is 526 g/mol. The number of para-hydroxylation sites is 1. The predicted octanol–water partition coefficient (Wildman–Crippen LogP) is 0.639. The molecule has 5 N–H and O–H groups in total. The number of aliphatic carboxylic acids is 1. The van der Waals surface area contributed by atoms with Gasteiger partial charge in [0.05, 0.1) is 0 Å². The minimum absolute atomic E-state index is 0. The lowest BCUT2D eigenvalue weighted by atomic mass is 10.0. The van der Waals surface area contributed by atoms with E-state index in [0.29, 0.717) is 21.4 Å². The average Bonchev–Trinajstić information content (AvgIpc) is 2.81. The number of benzene rings is 3. The zero-order chi connectivity index (χ0) is 23.8. The summed E-state index contributed by atoms with van der Waals surface area (Å²) in [5.74, 6) is -1.28. The molecule has 10 heteroatoms. The van der Waals surface area contributed by atoms with Crippen molar-refractivity contribution < 1.29 is 42.3 Å². The molecule has 0 spiro atoms. The first-order valence-electron chi connectivity index (χ1n) is 10.1. The molecule has 0 heterocycles. The molecule has 0 radical (unpaired) electrons. The third-order valence-electron chi connectivity index (χ3n) is 4.77. The van der Waals surface area contributed by atoms with Gasteiger partial charge in [0, 0.05) is 26.7 Å². The molecule has 1 amide bonds. The lowest BCUT2D eigenvalue weighted by molar-refractivity contribution is -0.355. The molecule has 34 heavy (non-hydrogen) atoms. The summed E-state index contributed by atoms with van der Waals surface area (Å²) in [6.07, 6.45) is 0. The fourth-order valence-corrected chi connectivity index (χ4v) is 3.45. The zero-order valence-electron chi connectivity index (χ0n) is 18.0. The molecule has 3 aromatic carbocycles. The maximum absolute atomic E-state index is 12.0. The van der Waals surface area contributed by atoms with Gasteiger partial charge in [-0.3, -0.25) is 4.79 Å². The first-order valence-corrected chi connectivity index (χ1v) is 10.8. The summed E-state index contributed by atoms with van der Waals surface area (Å²) in [5.41, 5.74) is 5.19. The van der Waals surface area contributed by atoms with Crippen molar-refractivity contribution in [3.05, 3.63) is 93.5 Å². The van der Waals surface area contributed by atoms with Crippen LogP contribution in [0.5, 0.6) is 11.5 Å². The SMILES string of the molecule is [Cl-].[NH3+]CC(=O)NC(C(=O)O)c1cccc(OCc2ccccc2Cl)c1OCc1ccccc1Cl. The minimum Gasteiger partial charge on any atom is -1.00 e. The number of carboxylic acid groups (broad SMARTS) is 1. The fourth-order valence-electron chi connectivity index (χ4n) is 3.07. The van der Waals surface area contributed by atoms with Crippen molar-refractivity contribution in [3.8, 4) is 11.5 Å². The highest BCUT2D eigenvalue weighted by molar-refractivity contribution is 6.31. The van der Waals surface area contributed by atoms with E-state index in [-0.39, 0.29) is 43.5 Å². The molecule has 0 fully saturated rings. The van der Waals surface area contributed by atoms with Gasteiger partial charge in [-0.25, -0.2) is 4.79 Å². The summed E-state index contributed by atoms with van der Waals surface area (Å²) in [5, 5.41) is 13.3. The normalized spacial score (nSPS) is 11.1. The standard InChI is InChI=1S/C24H22Cl2N2O5.ClH/c25-18-9-3-1-6-15(18)13-32-20-11-5-8-17(22(24(30)31)28-21(29)12-27)23(20)33-14-16-7-2-4-10-19(16)26;/h1-11,22H,12-14,27H2,(H,28,29)(H,30,31);1H. The molecule has 7 nitrogen and oxygen atoms in total. The molecule has 0 aromatic heterocycles. The van der Waals surface area contributed by atoms with E-state index in [4.69, 9.17) is 32.7 Å². The number of carboxylic acids is 1. The molecule has 3 rings (SSSR count). The molecule has 0 aliphatic carbocycles. The largest absolute Gasteiger partial charge is 1.00 e. The van der Waals surface area contributed by atoms with E-state index in [1.807, 2.05) is 24.3 Å². The van der Waals surface area contributed by atoms with Gasteiger partial charge in [-0.1, -0.05) is 71.7 Å². The van der Waals surface area contributed by atoms with Crippen LogP contribution in [-0.4, -0.2) is 23.5 Å². The molecule has 3 aromatic rings. The van der Waals surface area contributed by atoms with Crippen LogP contribution < -0.4 is 32.9 Å². The molecule has 180 valence electrons. The van der Waals surface area contributed by atoms with E-state index in [1.54, 1.807) is 42.5 Å². The van der Waals surface area contributed by atoms with Crippen molar-refractivity contribution >= 4 is 35.1 Å². The highest BCUT2D eigenvalue weighted by Crippen LogP contribution is 2.37. The number of rotatable bonds is 10. The number of carbonyl (C=O) groups is 2. The quantitative estimate of drug-likeness (QED) is 0.360. The lowest BCUT2D eigenvalue weighted by Gasteiger charge is -2.21. The van der Waals surface area contributed by atoms with Gasteiger partial charge < -0.3 is 38.0 Å². The number of hydrogen-bond donors (Lipinski definition) is 3. The van der Waals surface area contributed by atoms with Gasteiger partial charge in [0.1, 0.15) is 13.2 Å². The van der Waals surface area contributed by atoms with Crippen LogP contribution in [0.4, 0.5) is 0 Å². The van der Waals surface area contributed by atoms with Crippen LogP contribution in [0.3, 0.4) is 0 Å². The summed E-state index contributed by atoms with van der Waals surface area (Å²) < 4.78 is 12.0. The summed E-state index contributed by atoms with van der Waals surface area (Å²) in [6, 6.07) is 17.9. The van der Waals surface area contributed by atoms with Gasteiger partial charge in [-0.15, -0.1) is 0 Å². The second-order valence-electron chi connectivity index (χ2n) is 7.02. The van der Waals surface area contributed by atoms with E-state index in [2.05, 4.69) is 11.1 Å². The summed E-state index contributed by atoms with van der Waals surface area (Å²) >= 11 is 12.5. The molecule has 0 saturated carbocycles. The monoisotopic (exact) mass is 524 g/mol. The van der Waals surface area contributed by atoms with Gasteiger partial charge in [-0.2, -0.15) is 0 Å². The number of ether oxygens (including phenoxy) is 2. The van der Waals surface area contributed by atoms with Crippen molar-refractivity contribution in [1.82, 2.24) is 5.32 Å². The highest BCUT2D eigenvalue weighted by Gasteiger charge is 2.28. The summed E-state index contributed by atoms with van der Waals surface area (Å²) in [6.45, 7) is 0.0889. The Morgan fingerprint density at radius 2 is 1.44 bits per heavy atom. The Morgan fingerprint density at radius 3 is 1.97 bits per heavy atom. The molecule has 0 aliphatic heterocycles.